The first-order valence-corrected chi connectivity index (χ1v) is 1.22. The second kappa shape index (κ2) is 16.3. The Morgan fingerprint density at radius 3 is 0.800 bits per heavy atom. The number of hydrogen-bond acceptors (Lipinski definition) is 6. The molecular weight excluding hydrogens is 273 g/mol. The fourth-order valence-electron chi connectivity index (χ4n) is 0. The van der Waals surface area contributed by atoms with E-state index in [0.717, 1.165) is 0 Å². The molecule has 0 radical (unpaired) electrons. The van der Waals surface area contributed by atoms with E-state index in [-0.39, 0.29) is 65.0 Å². The quantitative estimate of drug-likeness (QED) is 0.406. The molecule has 0 bridgehead atoms. The number of rotatable bonds is 0. The first kappa shape index (κ1) is 22.4. The standard InChI is InChI=1S/2CH2O3.Sr.Zn/c2*2-1(3)4;;/h2*(H2,2,3,4);;/q;;2*+2/p-4. The molecule has 0 amide bonds. The Bertz CT molecular complexity index is 73.7. The van der Waals surface area contributed by atoms with Crippen LogP contribution in [0.15, 0.2) is 0 Å². The Morgan fingerprint density at radius 2 is 0.800 bits per heavy atom. The molecule has 0 saturated heterocycles. The van der Waals surface area contributed by atoms with Crippen molar-refractivity contribution in [1.29, 1.82) is 0 Å². The summed E-state index contributed by atoms with van der Waals surface area (Å²) in [4.78, 5) is 16.7. The molecule has 0 fully saturated rings. The van der Waals surface area contributed by atoms with Gasteiger partial charge < -0.3 is 30.0 Å². The molecule has 48 valence electrons. The van der Waals surface area contributed by atoms with Gasteiger partial charge in [0.25, 0.3) is 0 Å². The maximum atomic E-state index is 8.33. The van der Waals surface area contributed by atoms with Crippen molar-refractivity contribution in [3.05, 3.63) is 0 Å². The van der Waals surface area contributed by atoms with Crippen LogP contribution in [0.25, 0.3) is 0 Å². The molecule has 0 saturated carbocycles. The van der Waals surface area contributed by atoms with E-state index >= 15 is 0 Å². The van der Waals surface area contributed by atoms with Crippen molar-refractivity contribution in [2.24, 2.45) is 0 Å². The minimum absolute atomic E-state index is 0. The van der Waals surface area contributed by atoms with E-state index in [9.17, 15) is 0 Å². The summed E-state index contributed by atoms with van der Waals surface area (Å²) in [6.07, 6.45) is -4.67. The first-order chi connectivity index (χ1) is 3.46. The summed E-state index contributed by atoms with van der Waals surface area (Å²) in [7, 11) is 0. The Labute approximate surface area is 106 Å². The molecule has 0 aromatic heterocycles. The van der Waals surface area contributed by atoms with E-state index in [2.05, 4.69) is 0 Å². The molecule has 0 aliphatic carbocycles. The fourth-order valence-corrected chi connectivity index (χ4v) is 0. The molecule has 0 unspecified atom stereocenters. The predicted octanol–water partition coefficient (Wildman–Crippen LogP) is -5.28. The largest absolute Gasteiger partial charge is 2.00 e. The minimum Gasteiger partial charge on any atom is -0.652 e. The number of carboxylic acid groups (broad SMARTS) is 4. The van der Waals surface area contributed by atoms with Gasteiger partial charge in [-0.05, 0) is 12.3 Å². The van der Waals surface area contributed by atoms with Gasteiger partial charge in [-0.1, -0.05) is 0 Å². The Kier molecular flexibility index (Phi) is 36.6. The summed E-state index contributed by atoms with van der Waals surface area (Å²) < 4.78 is 0. The molecule has 0 aromatic rings. The van der Waals surface area contributed by atoms with Gasteiger partial charge in [-0.2, -0.15) is 0 Å². The van der Waals surface area contributed by atoms with Crippen LogP contribution in [0.1, 0.15) is 0 Å². The number of hydrogen-bond donors (Lipinski definition) is 0. The van der Waals surface area contributed by atoms with Crippen molar-refractivity contribution in [3.8, 4) is 0 Å². The second-order valence-electron chi connectivity index (χ2n) is 0.500. The van der Waals surface area contributed by atoms with Gasteiger partial charge in [0.1, 0.15) is 0 Å². The van der Waals surface area contributed by atoms with Gasteiger partial charge in [-0.25, -0.2) is 0 Å². The van der Waals surface area contributed by atoms with Crippen LogP contribution in [0, 0.1) is 0 Å². The Hall–Kier alpha value is 0.644. The summed E-state index contributed by atoms with van der Waals surface area (Å²) in [6.45, 7) is 0. The summed E-state index contributed by atoms with van der Waals surface area (Å²) in [5, 5.41) is 33.3. The van der Waals surface area contributed by atoms with Crippen molar-refractivity contribution >= 4 is 57.8 Å². The van der Waals surface area contributed by atoms with E-state index in [1.807, 2.05) is 0 Å². The average molecular weight is 273 g/mol. The molecule has 10 heavy (non-hydrogen) atoms. The number of carbonyl (C=O) groups is 2. The van der Waals surface area contributed by atoms with E-state index in [0.29, 0.717) is 0 Å². The van der Waals surface area contributed by atoms with E-state index in [1.54, 1.807) is 0 Å². The molecule has 0 aromatic carbocycles. The van der Waals surface area contributed by atoms with Crippen molar-refractivity contribution in [3.63, 3.8) is 0 Å². The third-order valence-electron chi connectivity index (χ3n) is 0. The van der Waals surface area contributed by atoms with Gasteiger partial charge in [-0.15, -0.1) is 0 Å². The third kappa shape index (κ3) is 1220. The zero-order valence-electron chi connectivity index (χ0n) is 4.86. The van der Waals surface area contributed by atoms with Gasteiger partial charge in [0.2, 0.25) is 0 Å². The maximum Gasteiger partial charge on any atom is 2.00 e. The van der Waals surface area contributed by atoms with Crippen LogP contribution >= 0.6 is 0 Å². The molecule has 0 heterocycles. The van der Waals surface area contributed by atoms with Crippen molar-refractivity contribution in [2.75, 3.05) is 0 Å². The molecule has 0 aliphatic rings. The molecule has 6 nitrogen and oxygen atoms in total. The van der Waals surface area contributed by atoms with Gasteiger partial charge in [0.05, 0.1) is 0 Å². The zero-order valence-corrected chi connectivity index (χ0v) is 11.3. The monoisotopic (exact) mass is 272 g/mol. The maximum absolute atomic E-state index is 8.33. The average Bonchev–Trinajstić information content (AvgIpc) is 1.25. The summed E-state index contributed by atoms with van der Waals surface area (Å²) >= 11 is 0. The first-order valence-electron chi connectivity index (χ1n) is 1.22. The van der Waals surface area contributed by atoms with Gasteiger partial charge in [-0.3, -0.25) is 0 Å². The molecule has 8 heteroatoms. The van der Waals surface area contributed by atoms with Gasteiger partial charge in [0, 0.05) is 0 Å². The summed E-state index contributed by atoms with van der Waals surface area (Å²) in [6, 6.07) is 0. The number of carbonyl (C=O) groups excluding carboxylic acids is 2. The Balaban J connectivity index is -0.0000000300. The van der Waals surface area contributed by atoms with E-state index < -0.39 is 12.3 Å². The van der Waals surface area contributed by atoms with Crippen LogP contribution in [0.3, 0.4) is 0 Å². The molecule has 0 N–H and O–H groups in total. The molecule has 0 spiro atoms. The fraction of sp³-hybridized carbons (Fsp3) is 0. The molecular formula is C2O6SrZn. The topological polar surface area (TPSA) is 126 Å². The normalized spacial score (nSPS) is 4.80. The van der Waals surface area contributed by atoms with Gasteiger partial charge in [0.15, 0.2) is 0 Å². The van der Waals surface area contributed by atoms with Crippen molar-refractivity contribution in [2.45, 2.75) is 0 Å². The van der Waals surface area contributed by atoms with Crippen molar-refractivity contribution < 1.29 is 49.5 Å². The summed E-state index contributed by atoms with van der Waals surface area (Å²) in [5.74, 6) is 0. The van der Waals surface area contributed by atoms with Gasteiger partial charge >= 0.3 is 65.0 Å². The van der Waals surface area contributed by atoms with E-state index in [1.165, 1.54) is 0 Å². The van der Waals surface area contributed by atoms with E-state index in [4.69, 9.17) is 30.0 Å². The predicted molar refractivity (Wildman–Crippen MR) is 16.5 cm³/mol. The van der Waals surface area contributed by atoms with Crippen LogP contribution in [0.2, 0.25) is 0 Å². The minimum atomic E-state index is -2.33. The van der Waals surface area contributed by atoms with Crippen LogP contribution in [0.5, 0.6) is 0 Å². The van der Waals surface area contributed by atoms with Crippen LogP contribution in [0.4, 0.5) is 9.59 Å². The molecule has 0 atom stereocenters. The van der Waals surface area contributed by atoms with Crippen LogP contribution in [-0.2, 0) is 19.5 Å². The van der Waals surface area contributed by atoms with Crippen LogP contribution < -0.4 is 20.4 Å². The van der Waals surface area contributed by atoms with Crippen LogP contribution in [-0.4, -0.2) is 57.8 Å². The third-order valence-corrected chi connectivity index (χ3v) is 0. The second-order valence-corrected chi connectivity index (χ2v) is 0.500. The SMILES string of the molecule is O=C([O-])[O-].O=C([O-])[O-].[Sr+2].[Zn+2]. The van der Waals surface area contributed by atoms with Crippen molar-refractivity contribution in [1.82, 2.24) is 0 Å². The summed E-state index contributed by atoms with van der Waals surface area (Å²) in [5.41, 5.74) is 0. The zero-order chi connectivity index (χ0) is 7.15. The Morgan fingerprint density at radius 1 is 0.800 bits per heavy atom. The smallest absolute Gasteiger partial charge is 0.652 e. The molecule has 0 rings (SSSR count). The molecule has 0 aliphatic heterocycles.